The van der Waals surface area contributed by atoms with Gasteiger partial charge in [-0.25, -0.2) is 9.78 Å². The van der Waals surface area contributed by atoms with Crippen molar-refractivity contribution in [3.05, 3.63) is 33.5 Å². The van der Waals surface area contributed by atoms with Gasteiger partial charge in [-0.3, -0.25) is 9.48 Å². The summed E-state index contributed by atoms with van der Waals surface area (Å²) in [6, 6.07) is 1.74. The second kappa shape index (κ2) is 5.83. The molecule has 0 spiro atoms. The number of rotatable bonds is 5. The van der Waals surface area contributed by atoms with E-state index in [-0.39, 0.29) is 18.1 Å². The van der Waals surface area contributed by atoms with Crippen molar-refractivity contribution in [3.8, 4) is 0 Å². The Hall–Kier alpha value is -2.22. The van der Waals surface area contributed by atoms with Crippen LogP contribution in [0.15, 0.2) is 11.4 Å². The average molecular weight is 294 g/mol. The van der Waals surface area contributed by atoms with Crippen molar-refractivity contribution < 1.29 is 14.7 Å². The van der Waals surface area contributed by atoms with Crippen LogP contribution in [-0.2, 0) is 20.0 Å². The molecule has 0 aromatic carbocycles. The zero-order chi connectivity index (χ0) is 14.7. The van der Waals surface area contributed by atoms with Crippen molar-refractivity contribution in [3.63, 3.8) is 0 Å². The minimum absolute atomic E-state index is 0.00643. The number of aromatic carboxylic acids is 1. The number of amides is 1. The standard InChI is InChI=1S/C12H14N4O3S/c1-3-7-4-9(16(2)15-7)11(17)13-5-10-14-8(6-20-10)12(18)19/h4,6H,3,5H2,1-2H3,(H,13,17)(H,18,19). The van der Waals surface area contributed by atoms with E-state index in [0.29, 0.717) is 10.7 Å². The lowest BCUT2D eigenvalue weighted by Gasteiger charge is -2.02. The Kier molecular flexibility index (Phi) is 4.14. The number of hydrogen-bond acceptors (Lipinski definition) is 5. The smallest absolute Gasteiger partial charge is 0.355 e. The SMILES string of the molecule is CCc1cc(C(=O)NCc2nc(C(=O)O)cs2)n(C)n1. The molecule has 2 aromatic rings. The van der Waals surface area contributed by atoms with E-state index in [1.165, 1.54) is 21.4 Å². The molecular formula is C12H14N4O3S. The molecule has 0 aliphatic carbocycles. The molecule has 0 bridgehead atoms. The minimum atomic E-state index is -1.07. The first-order chi connectivity index (χ1) is 9.51. The molecule has 106 valence electrons. The first-order valence-corrected chi connectivity index (χ1v) is 6.88. The van der Waals surface area contributed by atoms with E-state index in [4.69, 9.17) is 5.11 Å². The van der Waals surface area contributed by atoms with Crippen molar-refractivity contribution >= 4 is 23.2 Å². The summed E-state index contributed by atoms with van der Waals surface area (Å²) in [4.78, 5) is 26.6. The maximum atomic E-state index is 12.0. The van der Waals surface area contributed by atoms with E-state index in [0.717, 1.165) is 12.1 Å². The van der Waals surface area contributed by atoms with E-state index in [1.54, 1.807) is 13.1 Å². The fraction of sp³-hybridized carbons (Fsp3) is 0.333. The second-order valence-electron chi connectivity index (χ2n) is 4.11. The summed E-state index contributed by atoms with van der Waals surface area (Å²) >= 11 is 1.20. The van der Waals surface area contributed by atoms with Crippen LogP contribution in [0.2, 0.25) is 0 Å². The summed E-state index contributed by atoms with van der Waals surface area (Å²) in [5.41, 5.74) is 1.31. The largest absolute Gasteiger partial charge is 0.476 e. The van der Waals surface area contributed by atoms with E-state index in [9.17, 15) is 9.59 Å². The van der Waals surface area contributed by atoms with Crippen LogP contribution in [0.5, 0.6) is 0 Å². The van der Waals surface area contributed by atoms with Crippen LogP contribution in [0.3, 0.4) is 0 Å². The van der Waals surface area contributed by atoms with Crippen molar-refractivity contribution in [1.82, 2.24) is 20.1 Å². The normalized spacial score (nSPS) is 10.5. The highest BCUT2D eigenvalue weighted by molar-refractivity contribution is 7.09. The Labute approximate surface area is 119 Å². The average Bonchev–Trinajstić information content (AvgIpc) is 3.02. The zero-order valence-corrected chi connectivity index (χ0v) is 11.9. The summed E-state index contributed by atoms with van der Waals surface area (Å²) in [5.74, 6) is -1.33. The number of nitrogens with zero attached hydrogens (tertiary/aromatic N) is 3. The molecule has 1 amide bonds. The molecule has 7 nitrogen and oxygen atoms in total. The van der Waals surface area contributed by atoms with Gasteiger partial charge in [0.2, 0.25) is 0 Å². The maximum absolute atomic E-state index is 12.0. The highest BCUT2D eigenvalue weighted by atomic mass is 32.1. The molecule has 0 saturated heterocycles. The number of hydrogen-bond donors (Lipinski definition) is 2. The molecule has 0 fully saturated rings. The molecule has 2 aromatic heterocycles. The summed E-state index contributed by atoms with van der Waals surface area (Å²) in [6.07, 6.45) is 0.759. The number of carboxylic acid groups (broad SMARTS) is 1. The van der Waals surface area contributed by atoms with Gasteiger partial charge >= 0.3 is 5.97 Å². The van der Waals surface area contributed by atoms with Crippen LogP contribution in [0.1, 0.15) is 38.6 Å². The fourth-order valence-corrected chi connectivity index (χ4v) is 2.36. The van der Waals surface area contributed by atoms with Crippen LogP contribution in [0.4, 0.5) is 0 Å². The Bertz CT molecular complexity index is 647. The molecular weight excluding hydrogens is 280 g/mol. The van der Waals surface area contributed by atoms with E-state index < -0.39 is 5.97 Å². The van der Waals surface area contributed by atoms with Crippen LogP contribution in [0.25, 0.3) is 0 Å². The van der Waals surface area contributed by atoms with Gasteiger partial charge in [0, 0.05) is 12.4 Å². The molecule has 0 radical (unpaired) electrons. The number of thiazole rings is 1. The fourth-order valence-electron chi connectivity index (χ4n) is 1.65. The molecule has 2 heterocycles. The van der Waals surface area contributed by atoms with E-state index >= 15 is 0 Å². The lowest BCUT2D eigenvalue weighted by molar-refractivity contribution is 0.0691. The summed E-state index contributed by atoms with van der Waals surface area (Å²) in [5, 5.41) is 17.7. The number of nitrogens with one attached hydrogen (secondary N) is 1. The van der Waals surface area contributed by atoms with Gasteiger partial charge in [-0.2, -0.15) is 5.10 Å². The third-order valence-electron chi connectivity index (χ3n) is 2.70. The van der Waals surface area contributed by atoms with E-state index in [1.807, 2.05) is 6.92 Å². The number of aromatic nitrogens is 3. The van der Waals surface area contributed by atoms with Crippen LogP contribution in [-0.4, -0.2) is 31.7 Å². The third-order valence-corrected chi connectivity index (χ3v) is 3.55. The topological polar surface area (TPSA) is 97.1 Å². The predicted octanol–water partition coefficient (Wildman–Crippen LogP) is 1.07. The van der Waals surface area contributed by atoms with Gasteiger partial charge in [-0.05, 0) is 12.5 Å². The van der Waals surface area contributed by atoms with E-state index in [2.05, 4.69) is 15.4 Å². The van der Waals surface area contributed by atoms with Crippen molar-refractivity contribution in [2.45, 2.75) is 19.9 Å². The summed E-state index contributed by atoms with van der Waals surface area (Å²) in [7, 11) is 1.71. The number of carbonyl (C=O) groups is 2. The Balaban J connectivity index is 2.00. The van der Waals surface area contributed by atoms with Gasteiger partial charge in [-0.1, -0.05) is 6.92 Å². The van der Waals surface area contributed by atoms with Gasteiger partial charge < -0.3 is 10.4 Å². The molecule has 0 aliphatic rings. The highest BCUT2D eigenvalue weighted by Crippen LogP contribution is 2.10. The van der Waals surface area contributed by atoms with Gasteiger partial charge in [0.25, 0.3) is 5.91 Å². The summed E-state index contributed by atoms with van der Waals surface area (Å²) in [6.45, 7) is 2.16. The molecule has 0 unspecified atom stereocenters. The highest BCUT2D eigenvalue weighted by Gasteiger charge is 2.14. The van der Waals surface area contributed by atoms with Crippen molar-refractivity contribution in [2.75, 3.05) is 0 Å². The molecule has 2 rings (SSSR count). The second-order valence-corrected chi connectivity index (χ2v) is 5.06. The first-order valence-electron chi connectivity index (χ1n) is 6.00. The van der Waals surface area contributed by atoms with Crippen LogP contribution in [0, 0.1) is 0 Å². The zero-order valence-electron chi connectivity index (χ0n) is 11.1. The van der Waals surface area contributed by atoms with Gasteiger partial charge in [0.15, 0.2) is 5.69 Å². The van der Waals surface area contributed by atoms with Crippen LogP contribution >= 0.6 is 11.3 Å². The third kappa shape index (κ3) is 3.02. The lowest BCUT2D eigenvalue weighted by Crippen LogP contribution is -2.25. The monoisotopic (exact) mass is 294 g/mol. The molecule has 0 saturated carbocycles. The Morgan fingerprint density at radius 3 is 2.80 bits per heavy atom. The number of carboxylic acids is 1. The van der Waals surface area contributed by atoms with Crippen molar-refractivity contribution in [1.29, 1.82) is 0 Å². The lowest BCUT2D eigenvalue weighted by atomic mass is 10.3. The molecule has 0 atom stereocenters. The molecule has 8 heteroatoms. The first kappa shape index (κ1) is 14.2. The van der Waals surface area contributed by atoms with Crippen LogP contribution < -0.4 is 5.32 Å². The predicted molar refractivity (Wildman–Crippen MR) is 72.8 cm³/mol. The Morgan fingerprint density at radius 1 is 1.50 bits per heavy atom. The quantitative estimate of drug-likeness (QED) is 0.859. The summed E-state index contributed by atoms with van der Waals surface area (Å²) < 4.78 is 1.53. The molecule has 20 heavy (non-hydrogen) atoms. The molecule has 0 aliphatic heterocycles. The number of aryl methyl sites for hydroxylation is 2. The van der Waals surface area contributed by atoms with Crippen molar-refractivity contribution in [2.24, 2.45) is 7.05 Å². The van der Waals surface area contributed by atoms with Gasteiger partial charge in [-0.15, -0.1) is 11.3 Å². The Morgan fingerprint density at radius 2 is 2.25 bits per heavy atom. The van der Waals surface area contributed by atoms with Gasteiger partial charge in [0.05, 0.1) is 12.2 Å². The number of carbonyl (C=O) groups excluding carboxylic acids is 1. The maximum Gasteiger partial charge on any atom is 0.355 e. The molecule has 2 N–H and O–H groups in total. The van der Waals surface area contributed by atoms with Gasteiger partial charge in [0.1, 0.15) is 10.7 Å². The minimum Gasteiger partial charge on any atom is -0.476 e.